The molecular formula is C15H22O4Si. The van der Waals surface area contributed by atoms with E-state index in [1.165, 1.54) is 13.8 Å². The quantitative estimate of drug-likeness (QED) is 0.487. The molecule has 1 aromatic rings. The molecule has 0 saturated heterocycles. The summed E-state index contributed by atoms with van der Waals surface area (Å²) in [7, 11) is -1.76. The Hall–Kier alpha value is -1.62. The fraction of sp³-hybridized carbons (Fsp3) is 0.467. The highest BCUT2D eigenvalue weighted by molar-refractivity contribution is 6.89. The van der Waals surface area contributed by atoms with Crippen LogP contribution in [0.25, 0.3) is 0 Å². The van der Waals surface area contributed by atoms with Crippen molar-refractivity contribution in [3.8, 4) is 11.5 Å². The van der Waals surface area contributed by atoms with Gasteiger partial charge in [0.1, 0.15) is 11.5 Å². The molecule has 20 heavy (non-hydrogen) atoms. The van der Waals surface area contributed by atoms with Crippen molar-refractivity contribution >= 4 is 25.2 Å². The molecule has 0 fully saturated rings. The first-order valence-corrected chi connectivity index (χ1v) is 10.2. The largest absolute Gasteiger partial charge is 0.427 e. The standard InChI is InChI=1S/C15H22O4Si/c1-7-12-13(18-10(2)16)8-9-14(19-11(3)17)15(12)20(4,5)6/h8-9H,7H2,1-6H3. The summed E-state index contributed by atoms with van der Waals surface area (Å²) >= 11 is 0. The normalized spacial score (nSPS) is 11.1. The number of rotatable bonds is 4. The highest BCUT2D eigenvalue weighted by Gasteiger charge is 2.27. The van der Waals surface area contributed by atoms with E-state index in [1.54, 1.807) is 12.1 Å². The fourth-order valence-electron chi connectivity index (χ4n) is 2.27. The lowest BCUT2D eigenvalue weighted by Gasteiger charge is -2.25. The van der Waals surface area contributed by atoms with Crippen LogP contribution in [-0.4, -0.2) is 20.0 Å². The van der Waals surface area contributed by atoms with Gasteiger partial charge in [0.05, 0.1) is 8.07 Å². The van der Waals surface area contributed by atoms with Crippen molar-refractivity contribution in [3.63, 3.8) is 0 Å². The summed E-state index contributed by atoms with van der Waals surface area (Å²) in [6.45, 7) is 11.3. The summed E-state index contributed by atoms with van der Waals surface area (Å²) in [5.41, 5.74) is 0.957. The minimum Gasteiger partial charge on any atom is -0.427 e. The zero-order valence-electron chi connectivity index (χ0n) is 13.0. The van der Waals surface area contributed by atoms with Gasteiger partial charge in [-0.1, -0.05) is 26.6 Å². The van der Waals surface area contributed by atoms with E-state index < -0.39 is 8.07 Å². The minimum absolute atomic E-state index is 0.341. The van der Waals surface area contributed by atoms with Crippen LogP contribution in [0.4, 0.5) is 0 Å². The smallest absolute Gasteiger partial charge is 0.308 e. The van der Waals surface area contributed by atoms with Crippen molar-refractivity contribution in [1.29, 1.82) is 0 Å². The Balaban J connectivity index is 3.50. The molecule has 0 aliphatic carbocycles. The lowest BCUT2D eigenvalue weighted by molar-refractivity contribution is -0.133. The maximum Gasteiger partial charge on any atom is 0.308 e. The third-order valence-corrected chi connectivity index (χ3v) is 4.89. The Morgan fingerprint density at radius 2 is 1.45 bits per heavy atom. The van der Waals surface area contributed by atoms with Gasteiger partial charge in [0.25, 0.3) is 0 Å². The van der Waals surface area contributed by atoms with Crippen molar-refractivity contribution in [2.45, 2.75) is 46.8 Å². The van der Waals surface area contributed by atoms with Gasteiger partial charge in [0.15, 0.2) is 0 Å². The van der Waals surface area contributed by atoms with Gasteiger partial charge < -0.3 is 9.47 Å². The first kappa shape index (κ1) is 16.4. The molecule has 0 aliphatic rings. The number of hydrogen-bond donors (Lipinski definition) is 0. The predicted molar refractivity (Wildman–Crippen MR) is 81.4 cm³/mol. The SMILES string of the molecule is CCc1c(OC(C)=O)ccc(OC(C)=O)c1[Si](C)(C)C. The number of carbonyl (C=O) groups is 2. The van der Waals surface area contributed by atoms with Gasteiger partial charge >= 0.3 is 11.9 Å². The Morgan fingerprint density at radius 3 is 1.85 bits per heavy atom. The van der Waals surface area contributed by atoms with Gasteiger partial charge in [0.2, 0.25) is 0 Å². The third kappa shape index (κ3) is 3.93. The second-order valence-corrected chi connectivity index (χ2v) is 10.7. The van der Waals surface area contributed by atoms with E-state index in [0.29, 0.717) is 11.5 Å². The zero-order chi connectivity index (χ0) is 15.5. The summed E-state index contributed by atoms with van der Waals surface area (Å²) in [6, 6.07) is 3.41. The molecule has 5 heteroatoms. The van der Waals surface area contributed by atoms with E-state index >= 15 is 0 Å². The van der Waals surface area contributed by atoms with E-state index in [1.807, 2.05) is 6.92 Å². The molecule has 0 unspecified atom stereocenters. The number of ether oxygens (including phenoxy) is 2. The van der Waals surface area contributed by atoms with Crippen LogP contribution in [-0.2, 0) is 16.0 Å². The van der Waals surface area contributed by atoms with Crippen LogP contribution in [0, 0.1) is 0 Å². The van der Waals surface area contributed by atoms with E-state index in [2.05, 4.69) is 19.6 Å². The molecule has 0 amide bonds. The number of carbonyl (C=O) groups excluding carboxylic acids is 2. The van der Waals surface area contributed by atoms with E-state index in [0.717, 1.165) is 17.2 Å². The second-order valence-electron chi connectivity index (χ2n) is 5.71. The fourth-order valence-corrected chi connectivity index (χ4v) is 4.35. The molecule has 4 nitrogen and oxygen atoms in total. The van der Waals surface area contributed by atoms with Crippen LogP contribution in [0.15, 0.2) is 12.1 Å². The average Bonchev–Trinajstić information content (AvgIpc) is 2.27. The molecule has 0 heterocycles. The van der Waals surface area contributed by atoms with E-state index in [9.17, 15) is 9.59 Å². The lowest BCUT2D eigenvalue weighted by Crippen LogP contribution is -2.41. The summed E-state index contributed by atoms with van der Waals surface area (Å²) in [5, 5.41) is 1.04. The minimum atomic E-state index is -1.76. The molecule has 0 atom stereocenters. The molecule has 110 valence electrons. The van der Waals surface area contributed by atoms with Crippen LogP contribution in [0.5, 0.6) is 11.5 Å². The average molecular weight is 294 g/mol. The second kappa shape index (κ2) is 6.22. The van der Waals surface area contributed by atoms with Crippen LogP contribution in [0.3, 0.4) is 0 Å². The first-order valence-electron chi connectivity index (χ1n) is 6.70. The van der Waals surface area contributed by atoms with Gasteiger partial charge in [-0.15, -0.1) is 0 Å². The maximum atomic E-state index is 11.3. The molecule has 0 aromatic heterocycles. The van der Waals surface area contributed by atoms with Crippen LogP contribution >= 0.6 is 0 Å². The van der Waals surface area contributed by atoms with Crippen molar-refractivity contribution in [2.75, 3.05) is 0 Å². The molecule has 0 saturated carbocycles. The van der Waals surface area contributed by atoms with Gasteiger partial charge in [-0.2, -0.15) is 0 Å². The molecule has 0 bridgehead atoms. The zero-order valence-corrected chi connectivity index (χ0v) is 14.0. The van der Waals surface area contributed by atoms with E-state index in [4.69, 9.17) is 9.47 Å². The Morgan fingerprint density at radius 1 is 1.00 bits per heavy atom. The Bertz CT molecular complexity index is 529. The van der Waals surface area contributed by atoms with Crippen LogP contribution in [0.1, 0.15) is 26.3 Å². The van der Waals surface area contributed by atoms with Gasteiger partial charge in [-0.3, -0.25) is 9.59 Å². The van der Waals surface area contributed by atoms with Crippen molar-refractivity contribution in [2.24, 2.45) is 0 Å². The van der Waals surface area contributed by atoms with Crippen molar-refractivity contribution < 1.29 is 19.1 Å². The van der Waals surface area contributed by atoms with Crippen LogP contribution < -0.4 is 14.7 Å². The van der Waals surface area contributed by atoms with Crippen LogP contribution in [0.2, 0.25) is 19.6 Å². The first-order chi connectivity index (χ1) is 9.16. The van der Waals surface area contributed by atoms with Gasteiger partial charge in [-0.25, -0.2) is 0 Å². The molecule has 1 rings (SSSR count). The lowest BCUT2D eigenvalue weighted by atomic mass is 10.1. The summed E-state index contributed by atoms with van der Waals surface area (Å²) in [6.07, 6.45) is 0.720. The summed E-state index contributed by atoms with van der Waals surface area (Å²) in [4.78, 5) is 22.5. The molecule has 0 spiro atoms. The molecule has 0 aliphatic heterocycles. The number of hydrogen-bond acceptors (Lipinski definition) is 4. The van der Waals surface area contributed by atoms with Gasteiger partial charge in [-0.05, 0) is 29.3 Å². The van der Waals surface area contributed by atoms with Crippen molar-refractivity contribution in [3.05, 3.63) is 17.7 Å². The highest BCUT2D eigenvalue weighted by Crippen LogP contribution is 2.27. The summed E-state index contributed by atoms with van der Waals surface area (Å²) < 4.78 is 10.6. The van der Waals surface area contributed by atoms with Gasteiger partial charge in [0, 0.05) is 13.8 Å². The third-order valence-electron chi connectivity index (χ3n) is 2.84. The van der Waals surface area contributed by atoms with E-state index in [-0.39, 0.29) is 11.9 Å². The number of esters is 2. The number of benzene rings is 1. The summed E-state index contributed by atoms with van der Waals surface area (Å²) in [5.74, 6) is 0.464. The Labute approximate surface area is 121 Å². The molecular weight excluding hydrogens is 272 g/mol. The molecule has 0 radical (unpaired) electrons. The molecule has 0 N–H and O–H groups in total. The molecule has 1 aromatic carbocycles. The predicted octanol–water partition coefficient (Wildman–Crippen LogP) is 2.64. The topological polar surface area (TPSA) is 52.6 Å². The monoisotopic (exact) mass is 294 g/mol. The highest BCUT2D eigenvalue weighted by atomic mass is 28.3. The maximum absolute atomic E-state index is 11.3. The van der Waals surface area contributed by atoms with Crippen molar-refractivity contribution in [1.82, 2.24) is 0 Å². The Kier molecular flexibility index (Phi) is 5.11.